The standard InChI is InChI=1S/C16H16ClO6P.Li/c1-11(22-14-9-7-13(17)8-10-14)15(18)23-16(24(19,20)21)12-5-3-2-4-6-12;/h2-11,16H,1H3,(H2,19,20,21);/q;+1/p-1. The second kappa shape index (κ2) is 9.45. The molecule has 0 heterocycles. The minimum Gasteiger partial charge on any atom is -0.776 e. The molecule has 0 spiro atoms. The van der Waals surface area contributed by atoms with Crippen LogP contribution in [0.1, 0.15) is 18.3 Å². The van der Waals surface area contributed by atoms with Crippen molar-refractivity contribution in [2.45, 2.75) is 18.9 Å². The van der Waals surface area contributed by atoms with Gasteiger partial charge in [-0.25, -0.2) is 4.79 Å². The first-order chi connectivity index (χ1) is 11.3. The van der Waals surface area contributed by atoms with Crippen LogP contribution in [0.15, 0.2) is 54.6 Å². The van der Waals surface area contributed by atoms with E-state index in [-0.39, 0.29) is 24.4 Å². The first-order valence-electron chi connectivity index (χ1n) is 6.98. The van der Waals surface area contributed by atoms with Crippen LogP contribution in [-0.2, 0) is 14.1 Å². The SMILES string of the molecule is CC(Oc1ccc(Cl)cc1)C(=O)OC(c1ccccc1)P(=O)([O-])O.[Li+]. The molecule has 0 aliphatic carbocycles. The molecule has 2 aromatic rings. The van der Waals surface area contributed by atoms with Gasteiger partial charge in [-0.05, 0) is 31.2 Å². The number of hydrogen-bond acceptors (Lipinski definition) is 5. The Bertz CT molecular complexity index is 734. The molecule has 0 fully saturated rings. The van der Waals surface area contributed by atoms with Crippen molar-refractivity contribution < 1.29 is 47.5 Å². The van der Waals surface area contributed by atoms with Crippen molar-refractivity contribution in [1.82, 2.24) is 0 Å². The van der Waals surface area contributed by atoms with Crippen LogP contribution in [0.4, 0.5) is 0 Å². The summed E-state index contributed by atoms with van der Waals surface area (Å²) in [5.41, 5.74) is 0.144. The summed E-state index contributed by atoms with van der Waals surface area (Å²) in [6.45, 7) is 1.41. The number of hydrogen-bond donors (Lipinski definition) is 1. The number of rotatable bonds is 6. The van der Waals surface area contributed by atoms with E-state index >= 15 is 0 Å². The van der Waals surface area contributed by atoms with Crippen LogP contribution in [-0.4, -0.2) is 17.0 Å². The summed E-state index contributed by atoms with van der Waals surface area (Å²) in [6, 6.07) is 14.0. The van der Waals surface area contributed by atoms with Crippen molar-refractivity contribution in [3.05, 3.63) is 65.2 Å². The number of esters is 1. The van der Waals surface area contributed by atoms with Crippen molar-refractivity contribution in [2.24, 2.45) is 0 Å². The van der Waals surface area contributed by atoms with Crippen molar-refractivity contribution in [2.75, 3.05) is 0 Å². The fourth-order valence-electron chi connectivity index (χ4n) is 1.91. The molecule has 25 heavy (non-hydrogen) atoms. The number of ether oxygens (including phenoxy) is 2. The Balaban J connectivity index is 0.00000312. The summed E-state index contributed by atoms with van der Waals surface area (Å²) in [5, 5.41) is 0.509. The average molecular weight is 377 g/mol. The summed E-state index contributed by atoms with van der Waals surface area (Å²) >= 11 is 5.76. The Hall–Kier alpha value is -1.25. The molecule has 2 rings (SSSR count). The maximum absolute atomic E-state index is 12.1. The monoisotopic (exact) mass is 376 g/mol. The molecule has 9 heteroatoms. The van der Waals surface area contributed by atoms with Gasteiger partial charge in [-0.1, -0.05) is 41.9 Å². The van der Waals surface area contributed by atoms with Gasteiger partial charge < -0.3 is 23.8 Å². The molecular weight excluding hydrogens is 362 g/mol. The van der Waals surface area contributed by atoms with E-state index in [1.54, 1.807) is 42.5 Å². The zero-order valence-electron chi connectivity index (χ0n) is 13.7. The van der Waals surface area contributed by atoms with Gasteiger partial charge in [0.2, 0.25) is 0 Å². The molecule has 0 amide bonds. The van der Waals surface area contributed by atoms with Crippen LogP contribution in [0.2, 0.25) is 5.02 Å². The Labute approximate surface area is 162 Å². The summed E-state index contributed by atoms with van der Waals surface area (Å²) in [6.07, 6.45) is -1.08. The van der Waals surface area contributed by atoms with E-state index in [1.807, 2.05) is 0 Å². The maximum Gasteiger partial charge on any atom is 1.00 e. The van der Waals surface area contributed by atoms with E-state index < -0.39 is 25.5 Å². The molecule has 0 saturated carbocycles. The topological polar surface area (TPSA) is 95.9 Å². The van der Waals surface area contributed by atoms with Gasteiger partial charge in [0.05, 0.1) is 0 Å². The number of carbonyl (C=O) groups is 1. The van der Waals surface area contributed by atoms with Gasteiger partial charge in [0.15, 0.2) is 19.5 Å². The normalized spacial score (nSPS) is 15.2. The predicted octanol–water partition coefficient (Wildman–Crippen LogP) is -0.101. The molecule has 3 atom stereocenters. The number of halogens is 1. The molecule has 0 bridgehead atoms. The quantitative estimate of drug-likeness (QED) is 0.430. The third-order valence-electron chi connectivity index (χ3n) is 3.07. The van der Waals surface area contributed by atoms with E-state index in [9.17, 15) is 19.1 Å². The zero-order chi connectivity index (χ0) is 17.7. The first kappa shape index (κ1) is 21.8. The van der Waals surface area contributed by atoms with Crippen molar-refractivity contribution in [1.29, 1.82) is 0 Å². The Morgan fingerprint density at radius 2 is 1.72 bits per heavy atom. The molecule has 1 N–H and O–H groups in total. The molecule has 2 aromatic carbocycles. The van der Waals surface area contributed by atoms with Gasteiger partial charge in [0, 0.05) is 10.6 Å². The van der Waals surface area contributed by atoms with Gasteiger partial charge in [-0.3, -0.25) is 0 Å². The van der Waals surface area contributed by atoms with Crippen LogP contribution < -0.4 is 28.5 Å². The second-order valence-corrected chi connectivity index (χ2v) is 7.01. The van der Waals surface area contributed by atoms with Crippen LogP contribution in [0.5, 0.6) is 5.75 Å². The van der Waals surface area contributed by atoms with Gasteiger partial charge in [-0.15, -0.1) is 0 Å². The van der Waals surface area contributed by atoms with Crippen LogP contribution in [0.25, 0.3) is 0 Å². The smallest absolute Gasteiger partial charge is 0.776 e. The Morgan fingerprint density at radius 1 is 1.16 bits per heavy atom. The van der Waals surface area contributed by atoms with E-state index in [0.717, 1.165) is 0 Å². The van der Waals surface area contributed by atoms with Crippen LogP contribution in [0, 0.1) is 0 Å². The van der Waals surface area contributed by atoms with E-state index in [2.05, 4.69) is 0 Å². The number of carbonyl (C=O) groups excluding carboxylic acids is 1. The van der Waals surface area contributed by atoms with E-state index in [0.29, 0.717) is 10.8 Å². The van der Waals surface area contributed by atoms with Crippen LogP contribution in [0.3, 0.4) is 0 Å². The minimum atomic E-state index is -4.95. The van der Waals surface area contributed by atoms with Crippen LogP contribution >= 0.6 is 19.2 Å². The minimum absolute atomic E-state index is 0. The number of benzene rings is 2. The van der Waals surface area contributed by atoms with Gasteiger partial charge in [0.1, 0.15) is 5.75 Å². The third-order valence-corrected chi connectivity index (χ3v) is 4.32. The molecule has 0 aliphatic heterocycles. The van der Waals surface area contributed by atoms with E-state index in [1.165, 1.54) is 19.1 Å². The van der Waals surface area contributed by atoms with Gasteiger partial charge in [0.25, 0.3) is 0 Å². The fourth-order valence-corrected chi connectivity index (χ4v) is 2.82. The summed E-state index contributed by atoms with van der Waals surface area (Å²) < 4.78 is 21.9. The molecular formula is C16H15ClLiO6P. The van der Waals surface area contributed by atoms with Crippen molar-refractivity contribution in [3.8, 4) is 5.75 Å². The third kappa shape index (κ3) is 6.52. The van der Waals surface area contributed by atoms with Crippen molar-refractivity contribution in [3.63, 3.8) is 0 Å². The molecule has 0 aromatic heterocycles. The Morgan fingerprint density at radius 3 is 2.24 bits per heavy atom. The Kier molecular flexibility index (Phi) is 8.23. The van der Waals surface area contributed by atoms with Gasteiger partial charge in [-0.2, -0.15) is 0 Å². The molecule has 0 aliphatic rings. The summed E-state index contributed by atoms with van der Waals surface area (Å²) in [5.74, 6) is -2.35. The van der Waals surface area contributed by atoms with E-state index in [4.69, 9.17) is 21.1 Å². The summed E-state index contributed by atoms with van der Waals surface area (Å²) in [7, 11) is -4.95. The molecule has 128 valence electrons. The molecule has 0 saturated heterocycles. The predicted molar refractivity (Wildman–Crippen MR) is 86.6 cm³/mol. The molecule has 3 unspecified atom stereocenters. The molecule has 6 nitrogen and oxygen atoms in total. The largest absolute Gasteiger partial charge is 1.00 e. The second-order valence-electron chi connectivity index (χ2n) is 4.98. The fraction of sp³-hybridized carbons (Fsp3) is 0.188. The first-order valence-corrected chi connectivity index (χ1v) is 9.01. The summed E-state index contributed by atoms with van der Waals surface area (Å²) in [4.78, 5) is 33.0. The zero-order valence-corrected chi connectivity index (χ0v) is 15.3. The average Bonchev–Trinajstić information content (AvgIpc) is 2.54. The molecule has 0 radical (unpaired) electrons. The van der Waals surface area contributed by atoms with Crippen molar-refractivity contribution >= 4 is 25.2 Å². The maximum atomic E-state index is 12.1. The van der Waals surface area contributed by atoms with Gasteiger partial charge >= 0.3 is 24.8 Å².